The molecule has 2 amide bonds. The number of carbonyl (C=O) groups excluding carboxylic acids is 1. The maximum Gasteiger partial charge on any atom is 0.407 e. The van der Waals surface area contributed by atoms with Gasteiger partial charge in [-0.2, -0.15) is 0 Å². The average Bonchev–Trinajstić information content (AvgIpc) is 3.10. The standard InChI is InChI=1S/C22H36N6O4Si/c1-6-23-21(29)17-13-27(14-32-9-10-33(3,4)5)20-19(17)26-18(11-24-20)25-16-8-7-15(2)28(12-16)22(30)31/h11,13,15-16H,6-10,12,14H2,1-5H3,(H,23,29)(H,25,26)(H,30,31). The first-order valence-electron chi connectivity index (χ1n) is 11.6. The van der Waals surface area contributed by atoms with Gasteiger partial charge in [-0.05, 0) is 32.7 Å². The van der Waals surface area contributed by atoms with Crippen LogP contribution in [-0.4, -0.2) is 76.4 Å². The molecule has 3 heterocycles. The predicted molar refractivity (Wildman–Crippen MR) is 130 cm³/mol. The number of amides is 2. The molecule has 0 aliphatic carbocycles. The fourth-order valence-corrected chi connectivity index (χ4v) is 4.64. The minimum absolute atomic E-state index is 0.00608. The summed E-state index contributed by atoms with van der Waals surface area (Å²) in [5.41, 5.74) is 1.53. The Kier molecular flexibility index (Phi) is 7.95. The molecule has 2 aromatic rings. The van der Waals surface area contributed by atoms with Crippen LogP contribution >= 0.6 is 0 Å². The molecule has 33 heavy (non-hydrogen) atoms. The van der Waals surface area contributed by atoms with Crippen LogP contribution in [0.2, 0.25) is 25.7 Å². The van der Waals surface area contributed by atoms with E-state index in [1.54, 1.807) is 12.4 Å². The van der Waals surface area contributed by atoms with E-state index < -0.39 is 14.2 Å². The van der Waals surface area contributed by atoms with Crippen LogP contribution in [0.5, 0.6) is 0 Å². The van der Waals surface area contributed by atoms with Gasteiger partial charge in [-0.1, -0.05) is 19.6 Å². The third-order valence-corrected chi connectivity index (χ3v) is 7.56. The number of piperidine rings is 1. The van der Waals surface area contributed by atoms with Gasteiger partial charge in [0, 0.05) is 46.1 Å². The molecule has 0 saturated carbocycles. The number of carboxylic acid groups (broad SMARTS) is 1. The van der Waals surface area contributed by atoms with E-state index in [1.807, 2.05) is 18.4 Å². The molecule has 2 atom stereocenters. The number of hydrogen-bond acceptors (Lipinski definition) is 6. The molecule has 0 aromatic carbocycles. The highest BCUT2D eigenvalue weighted by atomic mass is 28.3. The highest BCUT2D eigenvalue weighted by molar-refractivity contribution is 6.76. The van der Waals surface area contributed by atoms with Gasteiger partial charge in [-0.3, -0.25) is 4.79 Å². The van der Waals surface area contributed by atoms with Gasteiger partial charge in [0.2, 0.25) is 0 Å². The van der Waals surface area contributed by atoms with Gasteiger partial charge in [0.1, 0.15) is 18.1 Å². The third-order valence-electron chi connectivity index (χ3n) is 5.85. The summed E-state index contributed by atoms with van der Waals surface area (Å²) in [7, 11) is -1.19. The summed E-state index contributed by atoms with van der Waals surface area (Å²) >= 11 is 0. The number of nitrogens with one attached hydrogen (secondary N) is 2. The fourth-order valence-electron chi connectivity index (χ4n) is 3.88. The van der Waals surface area contributed by atoms with Crippen molar-refractivity contribution in [2.24, 2.45) is 0 Å². The molecule has 1 fully saturated rings. The van der Waals surface area contributed by atoms with E-state index in [-0.39, 0.29) is 18.0 Å². The monoisotopic (exact) mass is 476 g/mol. The minimum Gasteiger partial charge on any atom is -0.465 e. The Hall–Kier alpha value is -2.66. The lowest BCUT2D eigenvalue weighted by molar-refractivity contribution is 0.0892. The number of likely N-dealkylation sites (tertiary alicyclic amines) is 1. The molecule has 0 bridgehead atoms. The van der Waals surface area contributed by atoms with Crippen LogP contribution in [0.4, 0.5) is 10.6 Å². The number of aromatic nitrogens is 3. The summed E-state index contributed by atoms with van der Waals surface area (Å²) in [6, 6.07) is 0.986. The largest absolute Gasteiger partial charge is 0.465 e. The first kappa shape index (κ1) is 25.0. The zero-order chi connectivity index (χ0) is 24.2. The lowest BCUT2D eigenvalue weighted by atomic mass is 10.00. The van der Waals surface area contributed by atoms with Crippen LogP contribution in [0.1, 0.15) is 37.0 Å². The number of carbonyl (C=O) groups is 2. The Morgan fingerprint density at radius 3 is 2.73 bits per heavy atom. The van der Waals surface area contributed by atoms with E-state index in [4.69, 9.17) is 4.74 Å². The van der Waals surface area contributed by atoms with Crippen LogP contribution in [0.25, 0.3) is 11.2 Å². The molecule has 0 radical (unpaired) electrons. The number of rotatable bonds is 9. The Bertz CT molecular complexity index is 989. The quantitative estimate of drug-likeness (QED) is 0.374. The van der Waals surface area contributed by atoms with E-state index in [1.165, 1.54) is 4.90 Å². The topological polar surface area (TPSA) is 122 Å². The summed E-state index contributed by atoms with van der Waals surface area (Å²) in [4.78, 5) is 34.9. The predicted octanol–water partition coefficient (Wildman–Crippen LogP) is 3.44. The lowest BCUT2D eigenvalue weighted by Gasteiger charge is -2.36. The Morgan fingerprint density at radius 2 is 2.06 bits per heavy atom. The molecule has 3 rings (SSSR count). The number of fused-ring (bicyclic) bond motifs is 1. The normalized spacial score (nSPS) is 19.0. The number of hydrogen-bond donors (Lipinski definition) is 3. The smallest absolute Gasteiger partial charge is 0.407 e. The molecule has 1 saturated heterocycles. The number of anilines is 1. The Labute approximate surface area is 195 Å². The van der Waals surface area contributed by atoms with Crippen molar-refractivity contribution in [3.05, 3.63) is 18.0 Å². The first-order chi connectivity index (χ1) is 15.6. The summed E-state index contributed by atoms with van der Waals surface area (Å²) in [6.45, 7) is 12.6. The van der Waals surface area contributed by atoms with Gasteiger partial charge < -0.3 is 29.9 Å². The molecular weight excluding hydrogens is 440 g/mol. The fraction of sp³-hybridized carbons (Fsp3) is 0.636. The van der Waals surface area contributed by atoms with E-state index >= 15 is 0 Å². The first-order valence-corrected chi connectivity index (χ1v) is 15.3. The second kappa shape index (κ2) is 10.5. The zero-order valence-corrected chi connectivity index (χ0v) is 21.2. The lowest BCUT2D eigenvalue weighted by Crippen LogP contribution is -2.49. The van der Waals surface area contributed by atoms with Gasteiger partial charge in [0.05, 0.1) is 11.8 Å². The highest BCUT2D eigenvalue weighted by Crippen LogP contribution is 2.23. The highest BCUT2D eigenvalue weighted by Gasteiger charge is 2.29. The minimum atomic E-state index is -1.19. The molecule has 182 valence electrons. The second-order valence-corrected chi connectivity index (χ2v) is 15.5. The van der Waals surface area contributed by atoms with Gasteiger partial charge in [0.25, 0.3) is 5.91 Å². The van der Waals surface area contributed by atoms with Crippen molar-refractivity contribution in [1.82, 2.24) is 24.8 Å². The molecular formula is C22H36N6O4Si. The number of nitrogens with zero attached hydrogens (tertiary/aromatic N) is 4. The van der Waals surface area contributed by atoms with Crippen molar-refractivity contribution in [2.45, 2.75) is 71.2 Å². The van der Waals surface area contributed by atoms with E-state index in [0.717, 1.165) is 18.9 Å². The SMILES string of the molecule is CCNC(=O)c1cn(COCC[Si](C)(C)C)c2ncc(NC3CCC(C)N(C(=O)O)C3)nc12. The molecule has 0 spiro atoms. The van der Waals surface area contributed by atoms with Crippen molar-refractivity contribution in [3.63, 3.8) is 0 Å². The summed E-state index contributed by atoms with van der Waals surface area (Å²) in [6.07, 6.45) is 4.06. The van der Waals surface area contributed by atoms with Crippen molar-refractivity contribution >= 4 is 37.1 Å². The zero-order valence-electron chi connectivity index (χ0n) is 20.2. The molecule has 2 aromatic heterocycles. The summed E-state index contributed by atoms with van der Waals surface area (Å²) < 4.78 is 7.69. The van der Waals surface area contributed by atoms with E-state index in [0.29, 0.717) is 49.0 Å². The third kappa shape index (κ3) is 6.44. The van der Waals surface area contributed by atoms with Gasteiger partial charge in [-0.25, -0.2) is 14.8 Å². The molecule has 1 aliphatic rings. The van der Waals surface area contributed by atoms with Crippen LogP contribution < -0.4 is 10.6 Å². The molecule has 11 heteroatoms. The van der Waals surface area contributed by atoms with Gasteiger partial charge in [-0.15, -0.1) is 0 Å². The molecule has 2 unspecified atom stereocenters. The van der Waals surface area contributed by atoms with Gasteiger partial charge in [0.15, 0.2) is 5.65 Å². The average molecular weight is 477 g/mol. The molecule has 1 aliphatic heterocycles. The Balaban J connectivity index is 1.80. The summed E-state index contributed by atoms with van der Waals surface area (Å²) in [5, 5.41) is 15.6. The van der Waals surface area contributed by atoms with Crippen LogP contribution in [-0.2, 0) is 11.5 Å². The van der Waals surface area contributed by atoms with Crippen molar-refractivity contribution in [2.75, 3.05) is 25.0 Å². The van der Waals surface area contributed by atoms with Crippen molar-refractivity contribution < 1.29 is 19.4 Å². The van der Waals surface area contributed by atoms with Crippen LogP contribution in [0.15, 0.2) is 12.4 Å². The van der Waals surface area contributed by atoms with Crippen molar-refractivity contribution in [1.29, 1.82) is 0 Å². The molecule has 3 N–H and O–H groups in total. The maximum atomic E-state index is 12.7. The van der Waals surface area contributed by atoms with Gasteiger partial charge >= 0.3 is 6.09 Å². The second-order valence-electron chi connectivity index (χ2n) is 9.85. The molecule has 10 nitrogen and oxygen atoms in total. The van der Waals surface area contributed by atoms with Crippen LogP contribution in [0, 0.1) is 0 Å². The maximum absolute atomic E-state index is 12.7. The van der Waals surface area contributed by atoms with E-state index in [2.05, 4.69) is 40.2 Å². The summed E-state index contributed by atoms with van der Waals surface area (Å²) in [5.74, 6) is 0.314. The number of ether oxygens (including phenoxy) is 1. The van der Waals surface area contributed by atoms with Crippen LogP contribution in [0.3, 0.4) is 0 Å². The van der Waals surface area contributed by atoms with Crippen molar-refractivity contribution in [3.8, 4) is 0 Å². The van der Waals surface area contributed by atoms with E-state index in [9.17, 15) is 14.7 Å². The Morgan fingerprint density at radius 1 is 1.30 bits per heavy atom.